The van der Waals surface area contributed by atoms with Gasteiger partial charge in [-0.3, -0.25) is 4.79 Å². The Labute approximate surface area is 147 Å². The molecule has 7 heteroatoms. The summed E-state index contributed by atoms with van der Waals surface area (Å²) in [5.74, 6) is -2.18. The van der Waals surface area contributed by atoms with E-state index in [1.54, 1.807) is 0 Å². The molecule has 0 aliphatic heterocycles. The lowest BCUT2D eigenvalue weighted by molar-refractivity contribution is -0.113. The molecule has 4 nitrogen and oxygen atoms in total. The molecule has 2 aromatic carbocycles. The van der Waals surface area contributed by atoms with Crippen LogP contribution in [-0.2, 0) is 4.79 Å². The number of anilines is 1. The fourth-order valence-corrected chi connectivity index (χ4v) is 3.00. The molecule has 0 aliphatic rings. The molecule has 128 valence electrons. The minimum absolute atomic E-state index is 0.0974. The number of hydrogen-bond acceptors (Lipinski definition) is 3. The minimum atomic E-state index is -1.00. The first kappa shape index (κ1) is 17.2. The van der Waals surface area contributed by atoms with Crippen LogP contribution in [0.2, 0.25) is 0 Å². The molecule has 1 amide bonds. The highest BCUT2D eigenvalue weighted by atomic mass is 32.2. The maximum atomic E-state index is 13.1. The van der Waals surface area contributed by atoms with Gasteiger partial charge in [-0.2, -0.15) is 0 Å². The molecule has 0 radical (unpaired) electrons. The molecule has 0 atom stereocenters. The van der Waals surface area contributed by atoms with Crippen molar-refractivity contribution in [3.63, 3.8) is 0 Å². The number of halogens is 2. The fourth-order valence-electron chi connectivity index (χ4n) is 2.28. The fraction of sp³-hybridized carbons (Fsp3) is 0.111. The van der Waals surface area contributed by atoms with Gasteiger partial charge >= 0.3 is 0 Å². The Balaban J connectivity index is 1.62. The van der Waals surface area contributed by atoms with Crippen molar-refractivity contribution < 1.29 is 13.6 Å². The normalized spacial score (nSPS) is 10.7. The molecule has 1 heterocycles. The molecular weight excluding hydrogens is 344 g/mol. The van der Waals surface area contributed by atoms with Crippen LogP contribution in [0.4, 0.5) is 14.5 Å². The number of carbonyl (C=O) groups is 1. The van der Waals surface area contributed by atoms with Crippen LogP contribution >= 0.6 is 11.8 Å². The molecule has 2 N–H and O–H groups in total. The lowest BCUT2D eigenvalue weighted by Gasteiger charge is -2.04. The van der Waals surface area contributed by atoms with Crippen molar-refractivity contribution in [1.29, 1.82) is 0 Å². The number of imidazole rings is 1. The molecular formula is C18H15F2N3OS. The van der Waals surface area contributed by atoms with Gasteiger partial charge in [0.1, 0.15) is 0 Å². The average Bonchev–Trinajstić information content (AvgIpc) is 2.98. The molecule has 1 aromatic heterocycles. The van der Waals surface area contributed by atoms with Crippen LogP contribution in [0.15, 0.2) is 53.7 Å². The zero-order valence-electron chi connectivity index (χ0n) is 13.3. The second-order valence-electron chi connectivity index (χ2n) is 5.35. The van der Waals surface area contributed by atoms with Crippen molar-refractivity contribution >= 4 is 23.4 Å². The molecule has 3 aromatic rings. The Morgan fingerprint density at radius 1 is 1.16 bits per heavy atom. The van der Waals surface area contributed by atoms with Gasteiger partial charge in [-0.05, 0) is 19.1 Å². The van der Waals surface area contributed by atoms with Crippen LogP contribution in [0.5, 0.6) is 0 Å². The minimum Gasteiger partial charge on any atom is -0.337 e. The van der Waals surface area contributed by atoms with E-state index >= 15 is 0 Å². The van der Waals surface area contributed by atoms with Gasteiger partial charge in [-0.1, -0.05) is 42.1 Å². The summed E-state index contributed by atoms with van der Waals surface area (Å²) in [5, 5.41) is 3.15. The van der Waals surface area contributed by atoms with E-state index in [1.165, 1.54) is 17.8 Å². The number of aromatic nitrogens is 2. The third-order valence-corrected chi connectivity index (χ3v) is 4.33. The summed E-state index contributed by atoms with van der Waals surface area (Å²) in [6.45, 7) is 1.92. The number of H-pyrrole nitrogens is 1. The van der Waals surface area contributed by atoms with Crippen molar-refractivity contribution in [2.24, 2.45) is 0 Å². The molecule has 0 saturated carbocycles. The van der Waals surface area contributed by atoms with E-state index in [0.29, 0.717) is 5.16 Å². The van der Waals surface area contributed by atoms with Crippen LogP contribution in [0.25, 0.3) is 11.3 Å². The summed E-state index contributed by atoms with van der Waals surface area (Å²) < 4.78 is 26.0. The molecule has 0 spiro atoms. The van der Waals surface area contributed by atoms with Gasteiger partial charge in [0.25, 0.3) is 0 Å². The third-order valence-electron chi connectivity index (χ3n) is 3.45. The van der Waals surface area contributed by atoms with Crippen molar-refractivity contribution in [2.45, 2.75) is 12.1 Å². The Kier molecular flexibility index (Phi) is 5.14. The zero-order chi connectivity index (χ0) is 17.8. The first-order valence-electron chi connectivity index (χ1n) is 7.52. The number of carbonyl (C=O) groups excluding carboxylic acids is 1. The van der Waals surface area contributed by atoms with Crippen LogP contribution in [0, 0.1) is 18.6 Å². The van der Waals surface area contributed by atoms with E-state index < -0.39 is 11.6 Å². The Morgan fingerprint density at radius 2 is 1.92 bits per heavy atom. The van der Waals surface area contributed by atoms with Gasteiger partial charge < -0.3 is 10.3 Å². The third kappa shape index (κ3) is 4.24. The highest BCUT2D eigenvalue weighted by Crippen LogP contribution is 2.25. The number of aromatic amines is 1. The molecule has 0 fully saturated rings. The lowest BCUT2D eigenvalue weighted by atomic mass is 10.1. The van der Waals surface area contributed by atoms with Crippen LogP contribution in [0.1, 0.15) is 5.69 Å². The van der Waals surface area contributed by atoms with Gasteiger partial charge in [-0.15, -0.1) is 0 Å². The van der Waals surface area contributed by atoms with Gasteiger partial charge in [0.2, 0.25) is 5.91 Å². The van der Waals surface area contributed by atoms with E-state index in [2.05, 4.69) is 15.3 Å². The van der Waals surface area contributed by atoms with E-state index in [0.717, 1.165) is 29.1 Å². The number of nitrogens with zero attached hydrogens (tertiary/aromatic N) is 1. The number of rotatable bonds is 5. The largest absolute Gasteiger partial charge is 0.337 e. The number of aryl methyl sites for hydroxylation is 1. The summed E-state index contributed by atoms with van der Waals surface area (Å²) in [5.41, 5.74) is 2.96. The number of amides is 1. The van der Waals surface area contributed by atoms with Gasteiger partial charge in [0.05, 0.1) is 11.4 Å². The van der Waals surface area contributed by atoms with Crippen LogP contribution in [-0.4, -0.2) is 21.6 Å². The van der Waals surface area contributed by atoms with Crippen molar-refractivity contribution in [2.75, 3.05) is 11.1 Å². The average molecular weight is 359 g/mol. The highest BCUT2D eigenvalue weighted by Gasteiger charge is 2.11. The monoisotopic (exact) mass is 359 g/mol. The number of benzene rings is 2. The molecule has 25 heavy (non-hydrogen) atoms. The SMILES string of the molecule is Cc1[nH]c(SCC(=O)Nc2ccc(F)c(F)c2)nc1-c1ccccc1. The highest BCUT2D eigenvalue weighted by molar-refractivity contribution is 7.99. The van der Waals surface area contributed by atoms with E-state index in [9.17, 15) is 13.6 Å². The van der Waals surface area contributed by atoms with Crippen molar-refractivity contribution in [1.82, 2.24) is 9.97 Å². The summed E-state index contributed by atoms with van der Waals surface area (Å²) in [6, 6.07) is 13.0. The van der Waals surface area contributed by atoms with Gasteiger partial charge in [-0.25, -0.2) is 13.8 Å². The van der Waals surface area contributed by atoms with Crippen molar-refractivity contribution in [3.8, 4) is 11.3 Å². The Bertz CT molecular complexity index is 897. The maximum absolute atomic E-state index is 13.1. The molecule has 0 aliphatic carbocycles. The Hall–Kier alpha value is -2.67. The van der Waals surface area contributed by atoms with E-state index in [-0.39, 0.29) is 17.3 Å². The van der Waals surface area contributed by atoms with E-state index in [1.807, 2.05) is 37.3 Å². The van der Waals surface area contributed by atoms with E-state index in [4.69, 9.17) is 0 Å². The van der Waals surface area contributed by atoms with Crippen LogP contribution < -0.4 is 5.32 Å². The number of nitrogens with one attached hydrogen (secondary N) is 2. The lowest BCUT2D eigenvalue weighted by Crippen LogP contribution is -2.14. The van der Waals surface area contributed by atoms with Crippen molar-refractivity contribution in [3.05, 3.63) is 65.9 Å². The summed E-state index contributed by atoms with van der Waals surface area (Å²) in [4.78, 5) is 19.6. The second kappa shape index (κ2) is 7.48. The van der Waals surface area contributed by atoms with Gasteiger partial charge in [0.15, 0.2) is 16.8 Å². The summed E-state index contributed by atoms with van der Waals surface area (Å²) in [6.07, 6.45) is 0. The molecule has 0 saturated heterocycles. The quantitative estimate of drug-likeness (QED) is 0.664. The maximum Gasteiger partial charge on any atom is 0.234 e. The number of hydrogen-bond donors (Lipinski definition) is 2. The predicted octanol–water partition coefficient (Wildman–Crippen LogP) is 4.39. The Morgan fingerprint density at radius 3 is 2.64 bits per heavy atom. The van der Waals surface area contributed by atoms with Gasteiger partial charge in [0, 0.05) is 23.0 Å². The standard InChI is InChI=1S/C18H15F2N3OS/c1-11-17(12-5-3-2-4-6-12)23-18(21-11)25-10-16(24)22-13-7-8-14(19)15(20)9-13/h2-9H,10H2,1H3,(H,21,23)(H,22,24). The summed E-state index contributed by atoms with van der Waals surface area (Å²) >= 11 is 1.24. The summed E-state index contributed by atoms with van der Waals surface area (Å²) in [7, 11) is 0. The smallest absolute Gasteiger partial charge is 0.234 e. The predicted molar refractivity (Wildman–Crippen MR) is 94.5 cm³/mol. The topological polar surface area (TPSA) is 57.8 Å². The number of thioether (sulfide) groups is 1. The first-order valence-corrected chi connectivity index (χ1v) is 8.51. The molecule has 0 unspecified atom stereocenters. The molecule has 3 rings (SSSR count). The first-order chi connectivity index (χ1) is 12.0. The molecule has 0 bridgehead atoms. The van der Waals surface area contributed by atoms with Crippen LogP contribution in [0.3, 0.4) is 0 Å². The second-order valence-corrected chi connectivity index (χ2v) is 6.31. The zero-order valence-corrected chi connectivity index (χ0v) is 14.2.